The summed E-state index contributed by atoms with van der Waals surface area (Å²) in [5, 5.41) is 5.56. The van der Waals surface area contributed by atoms with E-state index in [1.807, 2.05) is 17.9 Å². The van der Waals surface area contributed by atoms with Crippen LogP contribution >= 0.6 is 0 Å². The molecule has 86 valence electrons. The molecular weight excluding hydrogens is 200 g/mol. The van der Waals surface area contributed by atoms with Gasteiger partial charge in [-0.2, -0.15) is 5.10 Å². The third kappa shape index (κ3) is 1.56. The van der Waals surface area contributed by atoms with Crippen LogP contribution in [0.1, 0.15) is 30.9 Å². The Hall–Kier alpha value is -1.51. The smallest absolute Gasteiger partial charge is 0.133 e. The third-order valence-corrected chi connectivity index (χ3v) is 2.91. The molecule has 0 radical (unpaired) electrons. The first kappa shape index (κ1) is 11.0. The lowest BCUT2D eigenvalue weighted by molar-refractivity contribution is 0.412. The minimum Gasteiger partial charge on any atom is -0.496 e. The highest BCUT2D eigenvalue weighted by molar-refractivity contribution is 5.89. The molecule has 0 N–H and O–H groups in total. The van der Waals surface area contributed by atoms with Crippen molar-refractivity contribution in [1.29, 1.82) is 0 Å². The molecule has 0 aliphatic heterocycles. The van der Waals surface area contributed by atoms with E-state index in [4.69, 9.17) is 4.74 Å². The molecule has 3 heteroatoms. The van der Waals surface area contributed by atoms with E-state index in [9.17, 15) is 0 Å². The number of rotatable bonds is 2. The van der Waals surface area contributed by atoms with Crippen LogP contribution in [-0.4, -0.2) is 16.9 Å². The zero-order valence-electron chi connectivity index (χ0n) is 10.5. The van der Waals surface area contributed by atoms with Gasteiger partial charge in [0, 0.05) is 13.2 Å². The van der Waals surface area contributed by atoms with E-state index in [2.05, 4.69) is 31.9 Å². The maximum Gasteiger partial charge on any atom is 0.133 e. The number of hydrogen-bond acceptors (Lipinski definition) is 2. The van der Waals surface area contributed by atoms with Gasteiger partial charge in [0.1, 0.15) is 5.75 Å². The van der Waals surface area contributed by atoms with E-state index in [-0.39, 0.29) is 0 Å². The van der Waals surface area contributed by atoms with Gasteiger partial charge in [0.25, 0.3) is 0 Å². The van der Waals surface area contributed by atoms with Gasteiger partial charge in [-0.15, -0.1) is 0 Å². The second-order valence-electron chi connectivity index (χ2n) is 4.54. The van der Waals surface area contributed by atoms with E-state index < -0.39 is 0 Å². The Morgan fingerprint density at radius 2 is 2.06 bits per heavy atom. The fourth-order valence-electron chi connectivity index (χ4n) is 2.13. The maximum absolute atomic E-state index is 5.53. The Labute approximate surface area is 96.0 Å². The first-order valence-corrected chi connectivity index (χ1v) is 5.55. The van der Waals surface area contributed by atoms with Crippen molar-refractivity contribution >= 4 is 10.9 Å². The molecule has 0 atom stereocenters. The van der Waals surface area contributed by atoms with Crippen LogP contribution in [0.25, 0.3) is 10.9 Å². The molecule has 0 unspecified atom stereocenters. The second kappa shape index (κ2) is 3.81. The van der Waals surface area contributed by atoms with Crippen LogP contribution in [0.4, 0.5) is 0 Å². The summed E-state index contributed by atoms with van der Waals surface area (Å²) in [6.45, 7) is 6.46. The first-order valence-electron chi connectivity index (χ1n) is 5.55. The summed E-state index contributed by atoms with van der Waals surface area (Å²) in [7, 11) is 3.66. The summed E-state index contributed by atoms with van der Waals surface area (Å²) >= 11 is 0. The zero-order valence-corrected chi connectivity index (χ0v) is 10.5. The molecule has 2 aromatic rings. The van der Waals surface area contributed by atoms with Crippen molar-refractivity contribution in [2.24, 2.45) is 7.05 Å². The molecule has 1 aromatic carbocycles. The van der Waals surface area contributed by atoms with Crippen molar-refractivity contribution in [2.75, 3.05) is 7.11 Å². The molecule has 0 spiro atoms. The number of aryl methyl sites for hydroxylation is 2. The molecule has 0 aliphatic rings. The van der Waals surface area contributed by atoms with Crippen LogP contribution in [0.3, 0.4) is 0 Å². The van der Waals surface area contributed by atoms with Crippen LogP contribution in [0.2, 0.25) is 0 Å². The summed E-state index contributed by atoms with van der Waals surface area (Å²) < 4.78 is 7.37. The molecule has 2 rings (SSSR count). The fraction of sp³-hybridized carbons (Fsp3) is 0.462. The SMILES string of the molecule is COc1c(C(C)C)cc(C)c2nn(C)cc12. The number of methoxy groups -OCH3 is 1. The zero-order chi connectivity index (χ0) is 11.9. The predicted octanol–water partition coefficient (Wildman–Crippen LogP) is 3.01. The summed E-state index contributed by atoms with van der Waals surface area (Å²) in [6.07, 6.45) is 2.02. The van der Waals surface area contributed by atoms with E-state index in [0.717, 1.165) is 16.7 Å². The average molecular weight is 218 g/mol. The van der Waals surface area contributed by atoms with Crippen LogP contribution in [0.15, 0.2) is 12.3 Å². The first-order chi connectivity index (χ1) is 7.54. The van der Waals surface area contributed by atoms with Crippen molar-refractivity contribution in [3.8, 4) is 5.75 Å². The number of fused-ring (bicyclic) bond motifs is 1. The molecule has 3 nitrogen and oxygen atoms in total. The highest BCUT2D eigenvalue weighted by atomic mass is 16.5. The van der Waals surface area contributed by atoms with Crippen LogP contribution < -0.4 is 4.74 Å². The Morgan fingerprint density at radius 3 is 2.62 bits per heavy atom. The topological polar surface area (TPSA) is 27.1 Å². The standard InChI is InChI=1S/C13H18N2O/c1-8(2)10-6-9(3)12-11(13(10)16-5)7-15(4)14-12/h6-8H,1-5H3. The molecule has 0 saturated heterocycles. The largest absolute Gasteiger partial charge is 0.496 e. The average Bonchev–Trinajstić information content (AvgIpc) is 2.60. The third-order valence-electron chi connectivity index (χ3n) is 2.91. The van der Waals surface area contributed by atoms with Gasteiger partial charge in [-0.1, -0.05) is 13.8 Å². The van der Waals surface area contributed by atoms with Crippen molar-refractivity contribution in [3.05, 3.63) is 23.4 Å². The fourth-order valence-corrected chi connectivity index (χ4v) is 2.13. The van der Waals surface area contributed by atoms with Gasteiger partial charge in [-0.25, -0.2) is 0 Å². The van der Waals surface area contributed by atoms with Gasteiger partial charge in [0.2, 0.25) is 0 Å². The molecule has 16 heavy (non-hydrogen) atoms. The lowest BCUT2D eigenvalue weighted by Crippen LogP contribution is -1.96. The lowest BCUT2D eigenvalue weighted by Gasteiger charge is -2.13. The highest BCUT2D eigenvalue weighted by Gasteiger charge is 2.15. The van der Waals surface area contributed by atoms with Crippen molar-refractivity contribution < 1.29 is 4.74 Å². The molecular formula is C13H18N2O. The number of nitrogens with zero attached hydrogens (tertiary/aromatic N) is 2. The van der Waals surface area contributed by atoms with E-state index in [1.165, 1.54) is 11.1 Å². The Morgan fingerprint density at radius 1 is 1.38 bits per heavy atom. The van der Waals surface area contributed by atoms with Crippen LogP contribution in [0, 0.1) is 6.92 Å². The predicted molar refractivity (Wildman–Crippen MR) is 66.1 cm³/mol. The van der Waals surface area contributed by atoms with Gasteiger partial charge in [0.15, 0.2) is 0 Å². The summed E-state index contributed by atoms with van der Waals surface area (Å²) in [6, 6.07) is 2.18. The van der Waals surface area contributed by atoms with E-state index >= 15 is 0 Å². The molecule has 1 heterocycles. The van der Waals surface area contributed by atoms with Gasteiger partial charge >= 0.3 is 0 Å². The molecule has 0 amide bonds. The van der Waals surface area contributed by atoms with Gasteiger partial charge in [0.05, 0.1) is 18.0 Å². The van der Waals surface area contributed by atoms with Crippen LogP contribution in [-0.2, 0) is 7.05 Å². The monoisotopic (exact) mass is 218 g/mol. The van der Waals surface area contributed by atoms with E-state index in [1.54, 1.807) is 7.11 Å². The summed E-state index contributed by atoms with van der Waals surface area (Å²) in [5.41, 5.74) is 3.49. The minimum atomic E-state index is 0.457. The van der Waals surface area contributed by atoms with Crippen LogP contribution in [0.5, 0.6) is 5.75 Å². The molecule has 0 bridgehead atoms. The Bertz CT molecular complexity index is 526. The number of aromatic nitrogens is 2. The second-order valence-corrected chi connectivity index (χ2v) is 4.54. The molecule has 0 saturated carbocycles. The van der Waals surface area contributed by atoms with Gasteiger partial charge in [-0.05, 0) is 30.0 Å². The molecule has 0 aliphatic carbocycles. The number of benzene rings is 1. The van der Waals surface area contributed by atoms with E-state index in [0.29, 0.717) is 5.92 Å². The van der Waals surface area contributed by atoms with Crippen molar-refractivity contribution in [2.45, 2.75) is 26.7 Å². The van der Waals surface area contributed by atoms with Gasteiger partial charge < -0.3 is 4.74 Å². The maximum atomic E-state index is 5.53. The summed E-state index contributed by atoms with van der Waals surface area (Å²) in [5.74, 6) is 1.42. The molecule has 0 fully saturated rings. The summed E-state index contributed by atoms with van der Waals surface area (Å²) in [4.78, 5) is 0. The number of hydrogen-bond donors (Lipinski definition) is 0. The minimum absolute atomic E-state index is 0.457. The van der Waals surface area contributed by atoms with Gasteiger partial charge in [-0.3, -0.25) is 4.68 Å². The number of ether oxygens (including phenoxy) is 1. The van der Waals surface area contributed by atoms with Crippen molar-refractivity contribution in [3.63, 3.8) is 0 Å². The Kier molecular flexibility index (Phi) is 2.62. The quantitative estimate of drug-likeness (QED) is 0.774. The molecule has 1 aromatic heterocycles. The Balaban J connectivity index is 2.84. The van der Waals surface area contributed by atoms with Crippen molar-refractivity contribution in [1.82, 2.24) is 9.78 Å². The highest BCUT2D eigenvalue weighted by Crippen LogP contribution is 2.35. The lowest BCUT2D eigenvalue weighted by atomic mass is 9.97. The normalized spacial score (nSPS) is 11.4.